The molecule has 34 nitrogen and oxygen atoms in total. The van der Waals surface area contributed by atoms with Gasteiger partial charge in [0.15, 0.2) is 0 Å². The molecule has 720 valence electrons. The first-order valence-electron chi connectivity index (χ1n) is 45.1. The van der Waals surface area contributed by atoms with Crippen molar-refractivity contribution in [3.05, 3.63) is 233 Å². The minimum absolute atomic E-state index is 0.0108. The lowest BCUT2D eigenvalue weighted by Crippen LogP contribution is -2.62. The highest BCUT2D eigenvalue weighted by Crippen LogP contribution is 2.44. The maximum Gasteiger partial charge on any atom is 0.408 e. The molecule has 1 aliphatic carbocycles. The van der Waals surface area contributed by atoms with Gasteiger partial charge in [0.05, 0.1) is 22.8 Å². The topological polar surface area (TPSA) is 508 Å². The smallest absolute Gasteiger partial charge is 0.408 e. The maximum atomic E-state index is 15.4. The van der Waals surface area contributed by atoms with Gasteiger partial charge < -0.3 is 78.6 Å². The van der Waals surface area contributed by atoms with E-state index in [0.717, 1.165) is 54.4 Å². The summed E-state index contributed by atoms with van der Waals surface area (Å²) in [4.78, 5) is 162. The summed E-state index contributed by atoms with van der Waals surface area (Å²) in [6.45, 7) is 8.47. The third-order valence-electron chi connectivity index (χ3n) is 22.8. The predicted octanol–water partition coefficient (Wildman–Crippen LogP) is 7.36. The summed E-state index contributed by atoms with van der Waals surface area (Å²) >= 11 is 2.99. The minimum atomic E-state index is -4.21. The number of hydrogen-bond donors (Lipinski definition) is 16. The van der Waals surface area contributed by atoms with Crippen molar-refractivity contribution in [2.75, 3.05) is 45.1 Å². The molecule has 1 saturated carbocycles. The van der Waals surface area contributed by atoms with Crippen molar-refractivity contribution in [2.24, 2.45) is 11.7 Å². The van der Waals surface area contributed by atoms with E-state index in [9.17, 15) is 45.6 Å². The summed E-state index contributed by atoms with van der Waals surface area (Å²) in [5.41, 5.74) is 11.4. The number of sulfonamides is 2. The second-order valence-electron chi connectivity index (χ2n) is 33.3. The van der Waals surface area contributed by atoms with E-state index >= 15 is 24.0 Å². The summed E-state index contributed by atoms with van der Waals surface area (Å²) in [6.07, 6.45) is 3.34. The summed E-state index contributed by atoms with van der Waals surface area (Å²) in [5.74, 6) is -8.23. The van der Waals surface area contributed by atoms with Crippen molar-refractivity contribution >= 4 is 121 Å². The van der Waals surface area contributed by atoms with E-state index in [1.807, 2.05) is 55.5 Å². The van der Waals surface area contributed by atoms with Crippen molar-refractivity contribution in [1.29, 1.82) is 10.8 Å². The highest BCUT2D eigenvalue weighted by Gasteiger charge is 2.42. The highest BCUT2D eigenvalue weighted by molar-refractivity contribution is 8.00. The molecule has 9 rings (SSSR count). The van der Waals surface area contributed by atoms with Crippen molar-refractivity contribution in [2.45, 2.75) is 218 Å². The molecule has 0 radical (unpaired) electrons. The number of carbonyl (C=O) groups is 11. The number of likely N-dealkylation sites (tertiary alicyclic amines) is 1. The standard InChI is InChI=1S/C96H125N17O17S4/c1-6-66(5)84(110-89(120)78(56-67-26-13-8-14-27-67)106-87(118)77(57-68-41-43-72(44-42-68)129-7-2)104-83(115)59-96(49-21-12-22-50-96)132-62-71-32-19-11-20-33-71)91(122)107-79(58-82(97)114)88(119)108-80(63-131-61-70-30-17-10-18-31-70)92(123)113-55-25-36-81(113)90(121)105-75(34-23-51-102-93(98)111-133(125,126)73-45-37-64(3)38-46-73)85(116)100-53-54-101-86(117)76(109-95(124)130-60-69-28-15-9-16-29-69)35-24-52-103-94(99)112-134(127,128)74-47-39-65(4)40-48-74/h8-11,13-20,26-33,37-48,66,75-81,84H,6-7,12,21-25,34-36,49-63H2,1-5H3,(H2,97,114)(H,100,116)(H,101,117)(H,104,115)(H,105,121)(H,106,118)(H,107,122)(H,108,119)(H,109,124)(H,110,120)(H3,98,102,111)(H3,99,103,112)/t66?,75-,76-,77+,78-,79-,80-,81-,84-/m0/s1. The molecule has 1 aliphatic heterocycles. The average Bonchev–Trinajstić information content (AvgIpc) is 1.67. The van der Waals surface area contributed by atoms with Crippen LogP contribution in [-0.4, -0.2) is 197 Å². The minimum Gasteiger partial charge on any atom is -0.494 e. The molecule has 2 fully saturated rings. The van der Waals surface area contributed by atoms with Gasteiger partial charge in [-0.15, -0.1) is 11.8 Å². The molecule has 1 heterocycles. The second-order valence-corrected chi connectivity index (χ2v) is 39.2. The van der Waals surface area contributed by atoms with E-state index < -0.39 is 157 Å². The van der Waals surface area contributed by atoms with Gasteiger partial charge in [0, 0.05) is 74.0 Å². The first-order chi connectivity index (χ1) is 64.3. The number of guanidine groups is 2. The molecule has 134 heavy (non-hydrogen) atoms. The molecule has 7 aromatic carbocycles. The zero-order valence-electron chi connectivity index (χ0n) is 76.2. The number of aryl methyl sites for hydroxylation is 2. The van der Waals surface area contributed by atoms with Gasteiger partial charge in [0.1, 0.15) is 60.7 Å². The third-order valence-corrected chi connectivity index (χ3v) is 28.3. The van der Waals surface area contributed by atoms with Crippen molar-refractivity contribution < 1.29 is 79.0 Å². The second kappa shape index (κ2) is 53.4. The van der Waals surface area contributed by atoms with Crippen molar-refractivity contribution in [1.82, 2.24) is 72.8 Å². The Hall–Kier alpha value is -12.6. The summed E-state index contributed by atoms with van der Waals surface area (Å²) in [6, 6.07) is 44.7. The van der Waals surface area contributed by atoms with Crippen LogP contribution in [0.2, 0.25) is 0 Å². The van der Waals surface area contributed by atoms with E-state index in [-0.39, 0.29) is 125 Å². The van der Waals surface area contributed by atoms with E-state index in [1.54, 1.807) is 149 Å². The number of rotatable bonds is 51. The van der Waals surface area contributed by atoms with Gasteiger partial charge in [0.25, 0.3) is 20.0 Å². The molecule has 2 aliphatic rings. The molecule has 38 heteroatoms. The Morgan fingerprint density at radius 1 is 0.493 bits per heavy atom. The number of amides is 11. The van der Waals surface area contributed by atoms with Crippen LogP contribution >= 0.6 is 23.5 Å². The van der Waals surface area contributed by atoms with Gasteiger partial charge >= 0.3 is 6.09 Å². The van der Waals surface area contributed by atoms with Crippen LogP contribution in [0.1, 0.15) is 150 Å². The van der Waals surface area contributed by atoms with Gasteiger partial charge in [-0.25, -0.2) is 31.1 Å². The summed E-state index contributed by atoms with van der Waals surface area (Å²) in [5, 5.41) is 47.1. The number of nitrogens with zero attached hydrogens (tertiary/aromatic N) is 1. The SMILES string of the molecule is CCOc1ccc(C[C@@H](NC(=O)CC2(SCc3ccccc3)CCCCC2)C(=O)N[C@@H](Cc2ccccc2)C(=O)N[C@H](C(=O)N[C@@H](CC(N)=O)C(=O)N[C@@H](CSCc2ccccc2)C(=O)N2CCC[C@H]2C(=O)N[C@@H](CCCNC(=N)NS(=O)(=O)c2ccc(C)cc2)C(=O)NCCNC(=O)[C@H](CCCNC(=N)NS(=O)(=O)c2ccc(C)cc2)NC(=O)OCc2ccccc2)C(C)CC)cc1. The van der Waals surface area contributed by atoms with Gasteiger partial charge in [-0.2, -0.15) is 11.8 Å². The zero-order valence-corrected chi connectivity index (χ0v) is 79.4. The molecule has 1 saturated heterocycles. The van der Waals surface area contributed by atoms with Crippen LogP contribution in [0, 0.1) is 30.6 Å². The Balaban J connectivity index is 0.900. The van der Waals surface area contributed by atoms with Gasteiger partial charge in [-0.3, -0.25) is 58.8 Å². The zero-order chi connectivity index (χ0) is 96.6. The number of nitrogens with two attached hydrogens (primary N) is 1. The van der Waals surface area contributed by atoms with Crippen LogP contribution < -0.4 is 78.4 Å². The summed E-state index contributed by atoms with van der Waals surface area (Å²) in [7, 11) is -8.34. The Morgan fingerprint density at radius 3 is 1.49 bits per heavy atom. The van der Waals surface area contributed by atoms with Crippen LogP contribution in [0.25, 0.3) is 0 Å². The number of alkyl carbamates (subject to hydrolysis) is 1. The Bertz CT molecular complexity index is 5310. The van der Waals surface area contributed by atoms with Gasteiger partial charge in [-0.05, 0) is 142 Å². The maximum absolute atomic E-state index is 15.4. The molecule has 0 bridgehead atoms. The molecule has 1 unspecified atom stereocenters. The molecule has 0 aromatic heterocycles. The highest BCUT2D eigenvalue weighted by atomic mass is 32.2. The van der Waals surface area contributed by atoms with E-state index in [2.05, 4.69) is 80.1 Å². The van der Waals surface area contributed by atoms with Crippen LogP contribution in [0.5, 0.6) is 5.75 Å². The molecular weight excluding hydrogens is 1790 g/mol. The van der Waals surface area contributed by atoms with Crippen LogP contribution in [0.4, 0.5) is 4.79 Å². The predicted molar refractivity (Wildman–Crippen MR) is 514 cm³/mol. The van der Waals surface area contributed by atoms with Crippen LogP contribution in [-0.2, 0) is 104 Å². The quantitative estimate of drug-likeness (QED) is 0.0100. The lowest BCUT2D eigenvalue weighted by molar-refractivity contribution is -0.142. The molecule has 11 amide bonds. The van der Waals surface area contributed by atoms with E-state index in [0.29, 0.717) is 40.6 Å². The monoisotopic (exact) mass is 1920 g/mol. The Kier molecular flexibility index (Phi) is 41.9. The largest absolute Gasteiger partial charge is 0.494 e. The number of nitrogens with one attached hydrogen (secondary N) is 15. The first kappa shape index (κ1) is 105. The fourth-order valence-electron chi connectivity index (χ4n) is 15.3. The molecular formula is C96H125N17O17S4. The number of hydrogen-bond acceptors (Lipinski definition) is 21. The fourth-order valence-corrected chi connectivity index (χ4v) is 19.7. The number of carbonyl (C=O) groups excluding carboxylic acids is 11. The fraction of sp³-hybridized carbons (Fsp3) is 0.427. The first-order valence-corrected chi connectivity index (χ1v) is 50.2. The number of primary amides is 1. The van der Waals surface area contributed by atoms with Gasteiger partial charge in [-0.1, -0.05) is 208 Å². The Morgan fingerprint density at radius 2 is 0.963 bits per heavy atom. The van der Waals surface area contributed by atoms with Crippen LogP contribution in [0.15, 0.2) is 204 Å². The molecule has 0 spiro atoms. The van der Waals surface area contributed by atoms with Crippen LogP contribution in [0.3, 0.4) is 0 Å². The third kappa shape index (κ3) is 34.8. The van der Waals surface area contributed by atoms with Crippen molar-refractivity contribution in [3.63, 3.8) is 0 Å². The molecule has 9 atom stereocenters. The lowest BCUT2D eigenvalue weighted by Gasteiger charge is -2.37. The average molecular weight is 1920 g/mol. The van der Waals surface area contributed by atoms with E-state index in [1.165, 1.54) is 40.9 Å². The normalized spacial score (nSPS) is 15.2. The lowest BCUT2D eigenvalue weighted by atomic mass is 9.85. The molecule has 17 N–H and O–H groups in total. The number of ether oxygens (including phenoxy) is 2. The van der Waals surface area contributed by atoms with Crippen molar-refractivity contribution in [3.8, 4) is 5.75 Å². The number of benzene rings is 7. The number of thioether (sulfide) groups is 2. The molecule has 7 aromatic rings. The van der Waals surface area contributed by atoms with E-state index in [4.69, 9.17) is 26.0 Å². The summed E-state index contributed by atoms with van der Waals surface area (Å²) < 4.78 is 67.5. The van der Waals surface area contributed by atoms with Gasteiger partial charge in [0.2, 0.25) is 71.0 Å². The Labute approximate surface area is 792 Å².